The summed E-state index contributed by atoms with van der Waals surface area (Å²) in [5, 5.41) is 0. The Morgan fingerprint density at radius 1 is 0.900 bits per heavy atom. The SMILES string of the molecule is CC.CC.CC.O=C(C[S+]1CCCC1)c1ccccc1. The molecule has 0 atom stereocenters. The quantitative estimate of drug-likeness (QED) is 0.542. The second kappa shape index (κ2) is 16.3. The fourth-order valence-corrected chi connectivity index (χ4v) is 4.01. The van der Waals surface area contributed by atoms with Gasteiger partial charge in [0, 0.05) is 5.56 Å². The van der Waals surface area contributed by atoms with Gasteiger partial charge in [0.05, 0.1) is 0 Å². The van der Waals surface area contributed by atoms with Crippen LogP contribution in [0.4, 0.5) is 0 Å². The lowest BCUT2D eigenvalue weighted by Gasteiger charge is -2.00. The molecule has 0 amide bonds. The number of benzene rings is 1. The predicted octanol–water partition coefficient (Wildman–Crippen LogP) is 5.36. The first-order chi connectivity index (χ1) is 9.86. The van der Waals surface area contributed by atoms with Gasteiger partial charge in [-0.1, -0.05) is 71.9 Å². The third-order valence-electron chi connectivity index (χ3n) is 2.55. The topological polar surface area (TPSA) is 17.1 Å². The van der Waals surface area contributed by atoms with Crippen LogP contribution in [0.3, 0.4) is 0 Å². The highest BCUT2D eigenvalue weighted by atomic mass is 32.2. The minimum Gasteiger partial charge on any atom is -0.289 e. The molecule has 0 N–H and O–H groups in total. The smallest absolute Gasteiger partial charge is 0.211 e. The van der Waals surface area contributed by atoms with Crippen LogP contribution in [0.1, 0.15) is 64.7 Å². The number of carbonyl (C=O) groups is 1. The van der Waals surface area contributed by atoms with Crippen molar-refractivity contribution in [3.8, 4) is 0 Å². The van der Waals surface area contributed by atoms with E-state index in [0.29, 0.717) is 16.7 Å². The molecule has 1 heterocycles. The number of hydrogen-bond donors (Lipinski definition) is 0. The van der Waals surface area contributed by atoms with Crippen molar-refractivity contribution in [1.82, 2.24) is 0 Å². The molecule has 1 aliphatic rings. The Labute approximate surface area is 129 Å². The maximum absolute atomic E-state index is 11.8. The van der Waals surface area contributed by atoms with Gasteiger partial charge in [0.25, 0.3) is 0 Å². The Kier molecular flexibility index (Phi) is 17.5. The standard InChI is InChI=1S/C12H15OS.3C2H6/c13-12(10-14-8-4-5-9-14)11-6-2-1-3-7-11;3*1-2/h1-3,6-7H,4-5,8-10H2;3*1-2H3/q+1;;;. The van der Waals surface area contributed by atoms with Gasteiger partial charge in [-0.05, 0) is 23.7 Å². The van der Waals surface area contributed by atoms with E-state index in [2.05, 4.69) is 0 Å². The molecule has 2 heteroatoms. The van der Waals surface area contributed by atoms with Crippen LogP contribution < -0.4 is 0 Å². The fraction of sp³-hybridized carbons (Fsp3) is 0.611. The van der Waals surface area contributed by atoms with E-state index >= 15 is 0 Å². The van der Waals surface area contributed by atoms with Crippen molar-refractivity contribution in [2.45, 2.75) is 54.4 Å². The molecule has 0 radical (unpaired) electrons. The lowest BCUT2D eigenvalue weighted by atomic mass is 10.2. The van der Waals surface area contributed by atoms with Crippen LogP contribution in [-0.2, 0) is 10.9 Å². The van der Waals surface area contributed by atoms with Crippen LogP contribution in [0.2, 0.25) is 0 Å². The van der Waals surface area contributed by atoms with E-state index in [1.54, 1.807) is 0 Å². The van der Waals surface area contributed by atoms with E-state index in [1.807, 2.05) is 71.9 Å². The van der Waals surface area contributed by atoms with Gasteiger partial charge in [0.2, 0.25) is 5.78 Å². The molecule has 2 rings (SSSR count). The van der Waals surface area contributed by atoms with Gasteiger partial charge in [0.1, 0.15) is 11.5 Å². The predicted molar refractivity (Wildman–Crippen MR) is 96.0 cm³/mol. The summed E-state index contributed by atoms with van der Waals surface area (Å²) in [5.41, 5.74) is 0.881. The largest absolute Gasteiger partial charge is 0.289 e. The molecule has 1 aromatic carbocycles. The highest BCUT2D eigenvalue weighted by molar-refractivity contribution is 7.97. The van der Waals surface area contributed by atoms with Crippen LogP contribution in [-0.4, -0.2) is 23.0 Å². The molecule has 0 saturated carbocycles. The lowest BCUT2D eigenvalue weighted by molar-refractivity contribution is 0.102. The van der Waals surface area contributed by atoms with Gasteiger partial charge < -0.3 is 0 Å². The van der Waals surface area contributed by atoms with Crippen molar-refractivity contribution in [1.29, 1.82) is 0 Å². The maximum atomic E-state index is 11.8. The molecule has 0 aliphatic carbocycles. The zero-order valence-electron chi connectivity index (χ0n) is 14.2. The summed E-state index contributed by atoms with van der Waals surface area (Å²) in [5.74, 6) is 3.66. The second-order valence-electron chi connectivity index (χ2n) is 3.66. The molecule has 1 fully saturated rings. The van der Waals surface area contributed by atoms with Gasteiger partial charge in [-0.3, -0.25) is 4.79 Å². The molecule has 1 saturated heterocycles. The number of hydrogen-bond acceptors (Lipinski definition) is 1. The van der Waals surface area contributed by atoms with Crippen LogP contribution in [0.25, 0.3) is 0 Å². The molecule has 0 unspecified atom stereocenters. The van der Waals surface area contributed by atoms with Gasteiger partial charge >= 0.3 is 0 Å². The Balaban J connectivity index is 0. The van der Waals surface area contributed by atoms with Crippen LogP contribution >= 0.6 is 0 Å². The molecule has 1 nitrogen and oxygen atoms in total. The van der Waals surface area contributed by atoms with Crippen molar-refractivity contribution >= 4 is 16.7 Å². The zero-order chi connectivity index (χ0) is 15.8. The molecule has 0 bridgehead atoms. The van der Waals surface area contributed by atoms with Crippen LogP contribution in [0.15, 0.2) is 30.3 Å². The Morgan fingerprint density at radius 2 is 1.35 bits per heavy atom. The van der Waals surface area contributed by atoms with Crippen molar-refractivity contribution in [2.24, 2.45) is 0 Å². The second-order valence-corrected chi connectivity index (χ2v) is 5.99. The summed E-state index contributed by atoms with van der Waals surface area (Å²) in [7, 11) is 0.393. The first kappa shape index (κ1) is 21.5. The van der Waals surface area contributed by atoms with E-state index in [-0.39, 0.29) is 0 Å². The van der Waals surface area contributed by atoms with E-state index < -0.39 is 0 Å². The summed E-state index contributed by atoms with van der Waals surface area (Å²) < 4.78 is 0. The maximum Gasteiger partial charge on any atom is 0.211 e. The zero-order valence-corrected chi connectivity index (χ0v) is 15.1. The third kappa shape index (κ3) is 9.19. The number of ketones is 1. The minimum atomic E-state index is 0.329. The number of Topliss-reactive ketones (excluding diaryl/α,β-unsaturated/α-hetero) is 1. The summed E-state index contributed by atoms with van der Waals surface area (Å²) in [6.45, 7) is 12.0. The van der Waals surface area contributed by atoms with Crippen LogP contribution in [0, 0.1) is 0 Å². The van der Waals surface area contributed by atoms with Crippen molar-refractivity contribution in [2.75, 3.05) is 17.3 Å². The average Bonchev–Trinajstić information content (AvgIpc) is 3.07. The van der Waals surface area contributed by atoms with E-state index in [4.69, 9.17) is 0 Å². The van der Waals surface area contributed by atoms with E-state index in [9.17, 15) is 4.79 Å². The third-order valence-corrected chi connectivity index (χ3v) is 4.95. The Hall–Kier alpha value is -0.760. The summed E-state index contributed by atoms with van der Waals surface area (Å²) in [6.07, 6.45) is 2.65. The van der Waals surface area contributed by atoms with Crippen molar-refractivity contribution in [3.05, 3.63) is 35.9 Å². The highest BCUT2D eigenvalue weighted by Gasteiger charge is 2.27. The summed E-state index contributed by atoms with van der Waals surface area (Å²) >= 11 is 0. The molecular weight excluding hydrogens is 264 g/mol. The first-order valence-corrected chi connectivity index (χ1v) is 9.82. The summed E-state index contributed by atoms with van der Waals surface area (Å²) in [4.78, 5) is 11.8. The number of carbonyl (C=O) groups excluding carboxylic acids is 1. The highest BCUT2D eigenvalue weighted by Crippen LogP contribution is 2.15. The van der Waals surface area contributed by atoms with Gasteiger partial charge in [0.15, 0.2) is 5.75 Å². The molecule has 20 heavy (non-hydrogen) atoms. The molecule has 116 valence electrons. The van der Waals surface area contributed by atoms with E-state index in [1.165, 1.54) is 24.3 Å². The molecule has 1 aliphatic heterocycles. The lowest BCUT2D eigenvalue weighted by Crippen LogP contribution is -2.17. The van der Waals surface area contributed by atoms with Gasteiger partial charge in [-0.15, -0.1) is 0 Å². The number of rotatable bonds is 3. The normalized spacial score (nSPS) is 12.9. The van der Waals surface area contributed by atoms with Crippen LogP contribution in [0.5, 0.6) is 0 Å². The molecular formula is C18H33OS+. The Morgan fingerprint density at radius 3 is 1.80 bits per heavy atom. The molecule has 0 spiro atoms. The van der Waals surface area contributed by atoms with Gasteiger partial charge in [-0.2, -0.15) is 0 Å². The average molecular weight is 298 g/mol. The fourth-order valence-electron chi connectivity index (χ4n) is 1.75. The Bertz CT molecular complexity index is 302. The molecule has 0 aromatic heterocycles. The monoisotopic (exact) mass is 297 g/mol. The molecule has 1 aromatic rings. The first-order valence-electron chi connectivity index (χ1n) is 8.08. The van der Waals surface area contributed by atoms with Gasteiger partial charge in [-0.25, -0.2) is 0 Å². The summed E-state index contributed by atoms with van der Waals surface area (Å²) in [6, 6.07) is 9.66. The minimum absolute atomic E-state index is 0.329. The van der Waals surface area contributed by atoms with Crippen molar-refractivity contribution < 1.29 is 4.79 Å². The van der Waals surface area contributed by atoms with E-state index in [0.717, 1.165) is 11.3 Å². The van der Waals surface area contributed by atoms with Crippen molar-refractivity contribution in [3.63, 3.8) is 0 Å².